The summed E-state index contributed by atoms with van der Waals surface area (Å²) in [6.07, 6.45) is 6.21. The molecule has 0 atom stereocenters. The molecule has 0 unspecified atom stereocenters. The van der Waals surface area contributed by atoms with E-state index in [0.717, 1.165) is 31.4 Å². The molecule has 0 saturated heterocycles. The standard InChI is InChI=1S/C24H31N5O2/c1-16-14-19(12-13-27-16)18-10-8-17(9-11-18)15-28-24(30)22(25)23(29-26-2)20-6-4-5-7-21(20)31-3/h4-7,12-14,17-18,25-26H,8-11,15H2,1-3H3,(H,28,30)/b25-22?,29-23-. The minimum absolute atomic E-state index is 0.181. The van der Waals surface area contributed by atoms with Gasteiger partial charge in [0.05, 0.1) is 7.11 Å². The SMILES string of the molecule is CN/N=C(\C(=N)C(=O)NCC1CCC(c2ccnc(C)c2)CC1)c1ccccc1OC. The fourth-order valence-corrected chi connectivity index (χ4v) is 4.16. The van der Waals surface area contributed by atoms with Gasteiger partial charge in [-0.15, -0.1) is 0 Å². The van der Waals surface area contributed by atoms with Crippen LogP contribution in [0.25, 0.3) is 0 Å². The van der Waals surface area contributed by atoms with E-state index < -0.39 is 5.91 Å². The number of ether oxygens (including phenoxy) is 1. The largest absolute Gasteiger partial charge is 0.496 e. The fraction of sp³-hybridized carbons (Fsp3) is 0.417. The number of aryl methyl sites for hydroxylation is 1. The van der Waals surface area contributed by atoms with Crippen molar-refractivity contribution < 1.29 is 9.53 Å². The van der Waals surface area contributed by atoms with Crippen molar-refractivity contribution in [2.24, 2.45) is 11.0 Å². The number of amides is 1. The maximum atomic E-state index is 12.7. The Morgan fingerprint density at radius 1 is 1.23 bits per heavy atom. The van der Waals surface area contributed by atoms with Gasteiger partial charge in [-0.1, -0.05) is 12.1 Å². The molecule has 7 nitrogen and oxygen atoms in total. The highest BCUT2D eigenvalue weighted by molar-refractivity contribution is 6.69. The Hall–Kier alpha value is -3.22. The number of hydrazone groups is 1. The van der Waals surface area contributed by atoms with E-state index in [1.165, 1.54) is 5.56 Å². The summed E-state index contributed by atoms with van der Waals surface area (Å²) in [6.45, 7) is 2.60. The van der Waals surface area contributed by atoms with Gasteiger partial charge in [-0.2, -0.15) is 5.10 Å². The molecule has 31 heavy (non-hydrogen) atoms. The summed E-state index contributed by atoms with van der Waals surface area (Å²) in [5, 5.41) is 15.5. The van der Waals surface area contributed by atoms with Gasteiger partial charge in [-0.25, -0.2) is 0 Å². The van der Waals surface area contributed by atoms with Crippen LogP contribution in [-0.4, -0.2) is 43.0 Å². The lowest BCUT2D eigenvalue weighted by Gasteiger charge is -2.29. The quantitative estimate of drug-likeness (QED) is 0.449. The Labute approximate surface area is 183 Å². The van der Waals surface area contributed by atoms with Crippen LogP contribution in [0.4, 0.5) is 0 Å². The van der Waals surface area contributed by atoms with Crippen LogP contribution in [0.1, 0.15) is 48.4 Å². The molecule has 0 radical (unpaired) electrons. The summed E-state index contributed by atoms with van der Waals surface area (Å²) in [5.41, 5.74) is 5.79. The van der Waals surface area contributed by atoms with Crippen LogP contribution in [0.15, 0.2) is 47.7 Å². The highest BCUT2D eigenvalue weighted by atomic mass is 16.5. The highest BCUT2D eigenvalue weighted by Crippen LogP contribution is 2.35. The molecule has 164 valence electrons. The number of nitrogens with one attached hydrogen (secondary N) is 3. The molecule has 1 saturated carbocycles. The monoisotopic (exact) mass is 421 g/mol. The van der Waals surface area contributed by atoms with Gasteiger partial charge < -0.3 is 15.5 Å². The number of para-hydroxylation sites is 1. The van der Waals surface area contributed by atoms with E-state index in [0.29, 0.717) is 29.7 Å². The molecule has 0 bridgehead atoms. The molecule has 2 aromatic rings. The van der Waals surface area contributed by atoms with Gasteiger partial charge in [0.1, 0.15) is 17.2 Å². The molecule has 0 spiro atoms. The lowest BCUT2D eigenvalue weighted by atomic mass is 9.79. The van der Waals surface area contributed by atoms with Crippen molar-refractivity contribution in [3.63, 3.8) is 0 Å². The van der Waals surface area contributed by atoms with Gasteiger partial charge in [0.2, 0.25) is 0 Å². The van der Waals surface area contributed by atoms with Crippen LogP contribution in [0.3, 0.4) is 0 Å². The molecular weight excluding hydrogens is 390 g/mol. The third-order valence-corrected chi connectivity index (χ3v) is 5.84. The summed E-state index contributed by atoms with van der Waals surface area (Å²) in [5.74, 6) is 1.13. The topological polar surface area (TPSA) is 99.5 Å². The van der Waals surface area contributed by atoms with Crippen molar-refractivity contribution in [2.75, 3.05) is 20.7 Å². The highest BCUT2D eigenvalue weighted by Gasteiger charge is 2.25. The first kappa shape index (κ1) is 22.5. The summed E-state index contributed by atoms with van der Waals surface area (Å²) in [4.78, 5) is 17.0. The Balaban J connectivity index is 1.56. The molecule has 1 aromatic carbocycles. The first-order valence-electron chi connectivity index (χ1n) is 10.7. The maximum absolute atomic E-state index is 12.7. The summed E-state index contributed by atoms with van der Waals surface area (Å²) in [6, 6.07) is 11.5. The van der Waals surface area contributed by atoms with Crippen molar-refractivity contribution in [3.05, 3.63) is 59.4 Å². The molecule has 7 heteroatoms. The molecule has 1 heterocycles. The second-order valence-electron chi connectivity index (χ2n) is 7.92. The molecule has 3 rings (SSSR count). The van der Waals surface area contributed by atoms with Crippen molar-refractivity contribution in [1.82, 2.24) is 15.7 Å². The number of hydrogen-bond acceptors (Lipinski definition) is 6. The van der Waals surface area contributed by atoms with Gasteiger partial charge >= 0.3 is 0 Å². The van der Waals surface area contributed by atoms with Gasteiger partial charge in [0, 0.05) is 31.0 Å². The first-order chi connectivity index (χ1) is 15.0. The Morgan fingerprint density at radius 3 is 2.65 bits per heavy atom. The summed E-state index contributed by atoms with van der Waals surface area (Å²) in [7, 11) is 3.20. The maximum Gasteiger partial charge on any atom is 0.271 e. The third kappa shape index (κ3) is 5.69. The number of carbonyl (C=O) groups excluding carboxylic acids is 1. The Kier molecular flexibility index (Phi) is 7.76. The molecule has 1 amide bonds. The van der Waals surface area contributed by atoms with Crippen LogP contribution in [0.5, 0.6) is 5.75 Å². The lowest BCUT2D eigenvalue weighted by molar-refractivity contribution is -0.114. The molecule has 1 fully saturated rings. The van der Waals surface area contributed by atoms with Crippen molar-refractivity contribution >= 4 is 17.3 Å². The zero-order chi connectivity index (χ0) is 22.2. The van der Waals surface area contributed by atoms with Crippen LogP contribution in [0.2, 0.25) is 0 Å². The average molecular weight is 422 g/mol. The average Bonchev–Trinajstić information content (AvgIpc) is 2.81. The van der Waals surface area contributed by atoms with E-state index in [4.69, 9.17) is 10.1 Å². The minimum atomic E-state index is -0.424. The third-order valence-electron chi connectivity index (χ3n) is 5.84. The number of rotatable bonds is 8. The van der Waals surface area contributed by atoms with Gasteiger partial charge in [-0.3, -0.25) is 15.2 Å². The van der Waals surface area contributed by atoms with E-state index in [1.54, 1.807) is 26.3 Å². The smallest absolute Gasteiger partial charge is 0.271 e. The van der Waals surface area contributed by atoms with E-state index >= 15 is 0 Å². The minimum Gasteiger partial charge on any atom is -0.496 e. The number of nitrogens with zero attached hydrogens (tertiary/aromatic N) is 2. The van der Waals surface area contributed by atoms with E-state index in [1.807, 2.05) is 25.3 Å². The predicted octanol–water partition coefficient (Wildman–Crippen LogP) is 3.43. The normalized spacial score (nSPS) is 18.9. The number of hydrogen-bond donors (Lipinski definition) is 3. The molecule has 3 N–H and O–H groups in total. The Morgan fingerprint density at radius 2 is 1.97 bits per heavy atom. The molecule has 1 aliphatic rings. The van der Waals surface area contributed by atoms with Gasteiger partial charge in [-0.05, 0) is 74.3 Å². The van der Waals surface area contributed by atoms with E-state index in [2.05, 4.69) is 33.0 Å². The number of methoxy groups -OCH3 is 1. The summed E-state index contributed by atoms with van der Waals surface area (Å²) >= 11 is 0. The van der Waals surface area contributed by atoms with Crippen molar-refractivity contribution in [1.29, 1.82) is 5.41 Å². The van der Waals surface area contributed by atoms with Gasteiger partial charge in [0.25, 0.3) is 5.91 Å². The first-order valence-corrected chi connectivity index (χ1v) is 10.7. The Bertz CT molecular complexity index is 948. The molecule has 1 aromatic heterocycles. The summed E-state index contributed by atoms with van der Waals surface area (Å²) < 4.78 is 5.37. The van der Waals surface area contributed by atoms with Crippen LogP contribution in [-0.2, 0) is 4.79 Å². The van der Waals surface area contributed by atoms with E-state index in [-0.39, 0.29) is 11.4 Å². The van der Waals surface area contributed by atoms with Crippen molar-refractivity contribution in [3.8, 4) is 5.75 Å². The second kappa shape index (κ2) is 10.7. The van der Waals surface area contributed by atoms with Crippen LogP contribution >= 0.6 is 0 Å². The number of pyridine rings is 1. The molecule has 0 aliphatic heterocycles. The number of carbonyl (C=O) groups is 1. The van der Waals surface area contributed by atoms with Gasteiger partial charge in [0.15, 0.2) is 0 Å². The fourth-order valence-electron chi connectivity index (χ4n) is 4.16. The van der Waals surface area contributed by atoms with E-state index in [9.17, 15) is 4.79 Å². The lowest BCUT2D eigenvalue weighted by Crippen LogP contribution is -2.39. The van der Waals surface area contributed by atoms with Crippen LogP contribution in [0, 0.1) is 18.3 Å². The zero-order valence-corrected chi connectivity index (χ0v) is 18.4. The predicted molar refractivity (Wildman–Crippen MR) is 123 cm³/mol. The molecule has 1 aliphatic carbocycles. The number of benzene rings is 1. The number of aromatic nitrogens is 1. The van der Waals surface area contributed by atoms with Crippen molar-refractivity contribution in [2.45, 2.75) is 38.5 Å². The second-order valence-corrected chi connectivity index (χ2v) is 7.92. The van der Waals surface area contributed by atoms with Crippen LogP contribution < -0.4 is 15.5 Å². The molecular formula is C24H31N5O2. The zero-order valence-electron chi connectivity index (χ0n) is 18.4.